The predicted octanol–water partition coefficient (Wildman–Crippen LogP) is 2.91. The van der Waals surface area contributed by atoms with Gasteiger partial charge in [-0.1, -0.05) is 6.08 Å². The van der Waals surface area contributed by atoms with E-state index in [0.29, 0.717) is 53.1 Å². The van der Waals surface area contributed by atoms with E-state index in [9.17, 15) is 14.0 Å². The smallest absolute Gasteiger partial charge is 0.317 e. The molecule has 1 aromatic carbocycles. The molecular weight excluding hydrogens is 401 g/mol. The first-order valence-corrected chi connectivity index (χ1v) is 9.75. The summed E-state index contributed by atoms with van der Waals surface area (Å²) in [4.78, 5) is 33.6. The highest BCUT2D eigenvalue weighted by atomic mass is 19.1. The fourth-order valence-electron chi connectivity index (χ4n) is 3.96. The topological polar surface area (TPSA) is 113 Å². The van der Waals surface area contributed by atoms with Crippen LogP contribution in [0.15, 0.2) is 36.5 Å². The van der Waals surface area contributed by atoms with Gasteiger partial charge in [0, 0.05) is 37.3 Å². The molecule has 160 valence electrons. The minimum atomic E-state index is -0.625. The number of carbonyl (C=O) groups excluding carboxylic acids is 2. The van der Waals surface area contributed by atoms with Gasteiger partial charge in [-0.2, -0.15) is 0 Å². The van der Waals surface area contributed by atoms with E-state index < -0.39 is 11.7 Å². The second kappa shape index (κ2) is 8.10. The largest absolute Gasteiger partial charge is 0.496 e. The monoisotopic (exact) mass is 423 g/mol. The Hall–Kier alpha value is -3.88. The lowest BCUT2D eigenvalue weighted by Crippen LogP contribution is -2.40. The fraction of sp³-hybridized carbons (Fsp3) is 0.227. The minimum Gasteiger partial charge on any atom is -0.496 e. The lowest BCUT2D eigenvalue weighted by atomic mass is 9.96. The molecule has 2 aromatic heterocycles. The van der Waals surface area contributed by atoms with E-state index in [4.69, 9.17) is 10.5 Å². The number of methoxy groups -OCH3 is 1. The highest BCUT2D eigenvalue weighted by Crippen LogP contribution is 2.39. The number of primary amides is 1. The predicted molar refractivity (Wildman–Crippen MR) is 115 cm³/mol. The first kappa shape index (κ1) is 20.4. The number of aromatic nitrogens is 2. The van der Waals surface area contributed by atoms with Gasteiger partial charge in [0.15, 0.2) is 0 Å². The van der Waals surface area contributed by atoms with Crippen LogP contribution in [-0.2, 0) is 0 Å². The number of nitrogens with one attached hydrogen (secondary N) is 2. The van der Waals surface area contributed by atoms with Gasteiger partial charge in [0.25, 0.3) is 5.91 Å². The number of hydrogen-bond donors (Lipinski definition) is 3. The molecule has 3 aromatic rings. The van der Waals surface area contributed by atoms with E-state index in [0.717, 1.165) is 5.57 Å². The van der Waals surface area contributed by atoms with E-state index in [1.165, 1.54) is 25.3 Å². The van der Waals surface area contributed by atoms with E-state index >= 15 is 0 Å². The van der Waals surface area contributed by atoms with Crippen molar-refractivity contribution < 1.29 is 18.7 Å². The molecule has 1 aliphatic heterocycles. The van der Waals surface area contributed by atoms with E-state index in [-0.39, 0.29) is 11.6 Å². The van der Waals surface area contributed by atoms with Crippen LogP contribution < -0.4 is 15.8 Å². The number of amides is 3. The summed E-state index contributed by atoms with van der Waals surface area (Å²) in [6, 6.07) is 5.73. The molecule has 0 unspecified atom stereocenters. The van der Waals surface area contributed by atoms with Crippen molar-refractivity contribution in [2.45, 2.75) is 6.42 Å². The maximum absolute atomic E-state index is 14.0. The Bertz CT molecular complexity index is 1220. The number of nitrogens with zero attached hydrogens (tertiary/aromatic N) is 2. The number of urea groups is 1. The molecule has 1 aliphatic rings. The molecule has 31 heavy (non-hydrogen) atoms. The Kier molecular flexibility index (Phi) is 5.33. The molecule has 0 saturated heterocycles. The van der Waals surface area contributed by atoms with Gasteiger partial charge in [0.1, 0.15) is 17.2 Å². The van der Waals surface area contributed by atoms with Crippen LogP contribution in [0.3, 0.4) is 0 Å². The number of pyridine rings is 1. The van der Waals surface area contributed by atoms with E-state index in [1.54, 1.807) is 24.2 Å². The van der Waals surface area contributed by atoms with Crippen LogP contribution in [0.2, 0.25) is 0 Å². The molecule has 0 bridgehead atoms. The maximum Gasteiger partial charge on any atom is 0.317 e. The summed E-state index contributed by atoms with van der Waals surface area (Å²) in [5, 5.41) is 3.11. The molecule has 0 atom stereocenters. The van der Waals surface area contributed by atoms with Crippen molar-refractivity contribution in [2.75, 3.05) is 27.2 Å². The third kappa shape index (κ3) is 3.58. The Morgan fingerprint density at radius 2 is 2.10 bits per heavy atom. The molecule has 0 aliphatic carbocycles. The van der Waals surface area contributed by atoms with Gasteiger partial charge < -0.3 is 25.7 Å². The highest BCUT2D eigenvalue weighted by Gasteiger charge is 2.26. The lowest BCUT2D eigenvalue weighted by Gasteiger charge is -2.26. The summed E-state index contributed by atoms with van der Waals surface area (Å²) in [5.41, 5.74) is 9.03. The maximum atomic E-state index is 14.0. The van der Waals surface area contributed by atoms with Crippen LogP contribution >= 0.6 is 0 Å². The Labute approximate surface area is 177 Å². The fourth-order valence-corrected chi connectivity index (χ4v) is 3.96. The third-order valence-corrected chi connectivity index (χ3v) is 5.42. The third-order valence-electron chi connectivity index (χ3n) is 5.42. The number of halogens is 1. The normalized spacial score (nSPS) is 13.8. The van der Waals surface area contributed by atoms with Crippen LogP contribution in [-0.4, -0.2) is 54.1 Å². The van der Waals surface area contributed by atoms with Gasteiger partial charge in [0.2, 0.25) is 0 Å². The Balaban J connectivity index is 1.90. The number of aromatic amines is 1. The molecule has 0 spiro atoms. The quantitative estimate of drug-likeness (QED) is 0.599. The van der Waals surface area contributed by atoms with Gasteiger partial charge >= 0.3 is 6.03 Å². The van der Waals surface area contributed by atoms with Crippen molar-refractivity contribution in [3.63, 3.8) is 0 Å². The number of carbonyl (C=O) groups is 2. The molecule has 4 N–H and O–H groups in total. The first-order chi connectivity index (χ1) is 14.9. The van der Waals surface area contributed by atoms with Crippen molar-refractivity contribution in [3.8, 4) is 16.9 Å². The highest BCUT2D eigenvalue weighted by molar-refractivity contribution is 6.14. The van der Waals surface area contributed by atoms with Crippen LogP contribution in [0, 0.1) is 5.82 Å². The molecule has 4 rings (SSSR count). The number of hydrogen-bond acceptors (Lipinski definition) is 4. The molecular formula is C22H22FN5O3. The molecule has 3 heterocycles. The van der Waals surface area contributed by atoms with Crippen LogP contribution in [0.25, 0.3) is 27.7 Å². The van der Waals surface area contributed by atoms with Crippen LogP contribution in [0.4, 0.5) is 9.18 Å². The average Bonchev–Trinajstić information content (AvgIpc) is 3.18. The van der Waals surface area contributed by atoms with Gasteiger partial charge in [-0.3, -0.25) is 4.79 Å². The van der Waals surface area contributed by atoms with Gasteiger partial charge in [-0.25, -0.2) is 14.2 Å². The second-order valence-electron chi connectivity index (χ2n) is 7.15. The van der Waals surface area contributed by atoms with Crippen molar-refractivity contribution in [1.29, 1.82) is 0 Å². The van der Waals surface area contributed by atoms with Crippen molar-refractivity contribution in [1.82, 2.24) is 20.2 Å². The van der Waals surface area contributed by atoms with Crippen molar-refractivity contribution in [3.05, 3.63) is 53.6 Å². The van der Waals surface area contributed by atoms with Gasteiger partial charge in [-0.15, -0.1) is 0 Å². The first-order valence-electron chi connectivity index (χ1n) is 9.75. The number of rotatable bonds is 4. The number of benzene rings is 1. The van der Waals surface area contributed by atoms with Gasteiger partial charge in [-0.05, 0) is 41.8 Å². The number of fused-ring (bicyclic) bond motifs is 1. The molecule has 0 radical (unpaired) electrons. The standard InChI is InChI=1S/C22H22FN5O3/c1-25-22(30)28-9-6-12(7-10-28)19-18(20(24)29)17-14(5-8-26-21(17)27-19)15-11-13(23)3-4-16(15)31-2/h3-6,8,11H,7,9-10H2,1-2H3,(H2,24,29)(H,25,30)(H,26,27). The molecule has 8 nitrogen and oxygen atoms in total. The summed E-state index contributed by atoms with van der Waals surface area (Å²) in [7, 11) is 3.08. The summed E-state index contributed by atoms with van der Waals surface area (Å²) < 4.78 is 19.4. The molecule has 3 amide bonds. The summed E-state index contributed by atoms with van der Waals surface area (Å²) in [5.74, 6) is -0.591. The van der Waals surface area contributed by atoms with Crippen molar-refractivity contribution in [2.24, 2.45) is 5.73 Å². The van der Waals surface area contributed by atoms with Crippen LogP contribution in [0.5, 0.6) is 5.75 Å². The summed E-state index contributed by atoms with van der Waals surface area (Å²) >= 11 is 0. The van der Waals surface area contributed by atoms with E-state index in [2.05, 4.69) is 15.3 Å². The zero-order chi connectivity index (χ0) is 22.1. The zero-order valence-corrected chi connectivity index (χ0v) is 17.2. The summed E-state index contributed by atoms with van der Waals surface area (Å²) in [6.45, 7) is 0.900. The average molecular weight is 423 g/mol. The zero-order valence-electron chi connectivity index (χ0n) is 17.2. The Morgan fingerprint density at radius 3 is 2.74 bits per heavy atom. The summed E-state index contributed by atoms with van der Waals surface area (Å²) in [6.07, 6.45) is 4.01. The number of nitrogens with two attached hydrogens (primary N) is 1. The number of ether oxygens (including phenoxy) is 1. The molecule has 0 saturated carbocycles. The lowest BCUT2D eigenvalue weighted by molar-refractivity contribution is 0.100. The minimum absolute atomic E-state index is 0.163. The number of H-pyrrole nitrogens is 1. The molecule has 0 fully saturated rings. The molecule has 9 heteroatoms. The van der Waals surface area contributed by atoms with Crippen LogP contribution in [0.1, 0.15) is 22.5 Å². The SMILES string of the molecule is CNC(=O)N1CC=C(c2[nH]c3nccc(-c4cc(F)ccc4OC)c3c2C(N)=O)CC1. The van der Waals surface area contributed by atoms with Gasteiger partial charge in [0.05, 0.1) is 18.4 Å². The second-order valence-corrected chi connectivity index (χ2v) is 7.15. The Morgan fingerprint density at radius 1 is 1.29 bits per heavy atom. The van der Waals surface area contributed by atoms with E-state index in [1.807, 2.05) is 6.08 Å². The van der Waals surface area contributed by atoms with Crippen molar-refractivity contribution >= 4 is 28.5 Å².